The standard InChI is InChI=1S/C18H23BrN2O4/c1-4-25-18(22)17-12-9-16(23-3)13(19)10-14(12)20(2)15(17)11-21-5-7-24-8-6-21/h9-10H,4-8,11H2,1-3H3/p+1. The zero-order valence-corrected chi connectivity index (χ0v) is 16.4. The van der Waals surface area contributed by atoms with Crippen molar-refractivity contribution in [3.05, 3.63) is 27.9 Å². The summed E-state index contributed by atoms with van der Waals surface area (Å²) in [4.78, 5) is 14.1. The number of quaternary nitrogens is 1. The summed E-state index contributed by atoms with van der Waals surface area (Å²) in [6.45, 7) is 6.34. The molecule has 1 aliphatic heterocycles. The number of esters is 1. The van der Waals surface area contributed by atoms with E-state index in [0.717, 1.165) is 53.9 Å². The Labute approximate surface area is 155 Å². The lowest BCUT2D eigenvalue weighted by molar-refractivity contribution is -0.921. The molecule has 1 fully saturated rings. The number of aromatic nitrogens is 1. The first-order chi connectivity index (χ1) is 12.1. The first-order valence-electron chi connectivity index (χ1n) is 8.50. The molecule has 0 spiro atoms. The number of benzene rings is 1. The van der Waals surface area contributed by atoms with E-state index in [9.17, 15) is 4.79 Å². The Kier molecular flexibility index (Phi) is 5.66. The molecule has 0 unspecified atom stereocenters. The molecule has 0 amide bonds. The number of morpholine rings is 1. The molecule has 0 radical (unpaired) electrons. The highest BCUT2D eigenvalue weighted by molar-refractivity contribution is 9.10. The molecule has 1 N–H and O–H groups in total. The molecule has 136 valence electrons. The molecule has 6 nitrogen and oxygen atoms in total. The highest BCUT2D eigenvalue weighted by atomic mass is 79.9. The fourth-order valence-corrected chi connectivity index (χ4v) is 3.85. The minimum Gasteiger partial charge on any atom is -0.496 e. The van der Waals surface area contributed by atoms with Crippen LogP contribution in [0.4, 0.5) is 0 Å². The van der Waals surface area contributed by atoms with Gasteiger partial charge in [-0.05, 0) is 35.0 Å². The number of halogens is 1. The second-order valence-electron chi connectivity index (χ2n) is 6.14. The summed E-state index contributed by atoms with van der Waals surface area (Å²) in [6.07, 6.45) is 0. The van der Waals surface area contributed by atoms with Gasteiger partial charge in [0.05, 0.1) is 48.2 Å². The Morgan fingerprint density at radius 3 is 2.72 bits per heavy atom. The van der Waals surface area contributed by atoms with E-state index in [1.807, 2.05) is 26.1 Å². The van der Waals surface area contributed by atoms with Crippen molar-refractivity contribution in [2.75, 3.05) is 40.0 Å². The second-order valence-corrected chi connectivity index (χ2v) is 7.00. The smallest absolute Gasteiger partial charge is 0.340 e. The Morgan fingerprint density at radius 1 is 1.36 bits per heavy atom. The largest absolute Gasteiger partial charge is 0.496 e. The second kappa shape index (κ2) is 7.76. The molecule has 1 aliphatic rings. The Hall–Kier alpha value is -1.57. The number of carbonyl (C=O) groups excluding carboxylic acids is 1. The molecule has 3 rings (SSSR count). The number of carbonyl (C=O) groups is 1. The SMILES string of the molecule is CCOC(=O)c1c(C[NH+]2CCOCC2)n(C)c2cc(Br)c(OC)cc12. The van der Waals surface area contributed by atoms with Crippen LogP contribution in [0.5, 0.6) is 5.75 Å². The van der Waals surface area contributed by atoms with Crippen molar-refractivity contribution >= 4 is 32.8 Å². The van der Waals surface area contributed by atoms with Gasteiger partial charge in [-0.1, -0.05) is 0 Å². The molecule has 0 aliphatic carbocycles. The van der Waals surface area contributed by atoms with Crippen molar-refractivity contribution in [2.24, 2.45) is 7.05 Å². The van der Waals surface area contributed by atoms with Crippen LogP contribution in [0.25, 0.3) is 10.9 Å². The molecule has 1 aromatic heterocycles. The molecule has 25 heavy (non-hydrogen) atoms. The van der Waals surface area contributed by atoms with E-state index in [1.54, 1.807) is 7.11 Å². The molecule has 1 aromatic carbocycles. The first kappa shape index (κ1) is 18.2. The van der Waals surface area contributed by atoms with Gasteiger partial charge in [0.25, 0.3) is 0 Å². The lowest BCUT2D eigenvalue weighted by atomic mass is 10.1. The van der Waals surface area contributed by atoms with Gasteiger partial charge in [0.1, 0.15) is 25.4 Å². The van der Waals surface area contributed by atoms with Gasteiger partial charge >= 0.3 is 5.97 Å². The monoisotopic (exact) mass is 411 g/mol. The maximum Gasteiger partial charge on any atom is 0.340 e. The maximum atomic E-state index is 12.7. The highest BCUT2D eigenvalue weighted by Gasteiger charge is 2.27. The number of ether oxygens (including phenoxy) is 3. The minimum atomic E-state index is -0.278. The topological polar surface area (TPSA) is 54.1 Å². The number of methoxy groups -OCH3 is 1. The lowest BCUT2D eigenvalue weighted by Crippen LogP contribution is -3.12. The molecular formula is C18H24BrN2O4+. The van der Waals surface area contributed by atoms with E-state index < -0.39 is 0 Å². The summed E-state index contributed by atoms with van der Waals surface area (Å²) < 4.78 is 19.2. The molecular weight excluding hydrogens is 388 g/mol. The van der Waals surface area contributed by atoms with Crippen LogP contribution in [0.1, 0.15) is 23.0 Å². The number of nitrogens with zero attached hydrogens (tertiary/aromatic N) is 1. The molecule has 2 heterocycles. The van der Waals surface area contributed by atoms with Crippen molar-refractivity contribution in [2.45, 2.75) is 13.5 Å². The van der Waals surface area contributed by atoms with Crippen molar-refractivity contribution in [3.63, 3.8) is 0 Å². The van der Waals surface area contributed by atoms with Crippen molar-refractivity contribution in [1.29, 1.82) is 0 Å². The van der Waals surface area contributed by atoms with Crippen LogP contribution in [-0.4, -0.2) is 50.6 Å². The zero-order chi connectivity index (χ0) is 18.0. The normalized spacial score (nSPS) is 15.5. The van der Waals surface area contributed by atoms with Crippen LogP contribution in [0.15, 0.2) is 16.6 Å². The van der Waals surface area contributed by atoms with Crippen LogP contribution >= 0.6 is 15.9 Å². The van der Waals surface area contributed by atoms with Crippen LogP contribution < -0.4 is 9.64 Å². The molecule has 2 aromatic rings. The number of hydrogen-bond acceptors (Lipinski definition) is 4. The molecule has 0 bridgehead atoms. The van der Waals surface area contributed by atoms with Gasteiger partial charge in [-0.3, -0.25) is 0 Å². The summed E-state index contributed by atoms with van der Waals surface area (Å²) in [5.41, 5.74) is 2.62. The zero-order valence-electron chi connectivity index (χ0n) is 14.9. The van der Waals surface area contributed by atoms with Gasteiger partial charge in [0.2, 0.25) is 0 Å². The first-order valence-corrected chi connectivity index (χ1v) is 9.29. The third-order valence-electron chi connectivity index (χ3n) is 4.69. The van der Waals surface area contributed by atoms with Crippen molar-refractivity contribution in [3.8, 4) is 5.75 Å². The van der Waals surface area contributed by atoms with Crippen LogP contribution in [0.2, 0.25) is 0 Å². The molecule has 7 heteroatoms. The van der Waals surface area contributed by atoms with Crippen LogP contribution in [0, 0.1) is 0 Å². The number of fused-ring (bicyclic) bond motifs is 1. The number of rotatable bonds is 5. The van der Waals surface area contributed by atoms with E-state index in [4.69, 9.17) is 14.2 Å². The van der Waals surface area contributed by atoms with Crippen LogP contribution in [0.3, 0.4) is 0 Å². The van der Waals surface area contributed by atoms with Gasteiger partial charge < -0.3 is 23.7 Å². The third kappa shape index (κ3) is 3.54. The quantitative estimate of drug-likeness (QED) is 0.758. The Morgan fingerprint density at radius 2 is 2.08 bits per heavy atom. The summed E-state index contributed by atoms with van der Waals surface area (Å²) in [7, 11) is 3.62. The van der Waals surface area contributed by atoms with Crippen molar-refractivity contribution < 1.29 is 23.9 Å². The highest BCUT2D eigenvalue weighted by Crippen LogP contribution is 2.34. The van der Waals surface area contributed by atoms with Gasteiger partial charge in [-0.2, -0.15) is 0 Å². The minimum absolute atomic E-state index is 0.278. The van der Waals surface area contributed by atoms with Crippen LogP contribution in [-0.2, 0) is 23.1 Å². The van der Waals surface area contributed by atoms with Gasteiger partial charge in [0, 0.05) is 12.4 Å². The fourth-order valence-electron chi connectivity index (χ4n) is 3.36. The number of aryl methyl sites for hydroxylation is 1. The van der Waals surface area contributed by atoms with E-state index in [2.05, 4.69) is 20.5 Å². The lowest BCUT2D eigenvalue weighted by Gasteiger charge is -2.24. The summed E-state index contributed by atoms with van der Waals surface area (Å²) in [5, 5.41) is 0.864. The van der Waals surface area contributed by atoms with Gasteiger partial charge in [-0.15, -0.1) is 0 Å². The molecule has 0 atom stereocenters. The molecule has 1 saturated heterocycles. The predicted octanol–water partition coefficient (Wildman–Crippen LogP) is 1.54. The Balaban J connectivity index is 2.13. The predicted molar refractivity (Wildman–Crippen MR) is 98.3 cm³/mol. The summed E-state index contributed by atoms with van der Waals surface area (Å²) >= 11 is 3.54. The van der Waals surface area contributed by atoms with Gasteiger partial charge in [-0.25, -0.2) is 4.79 Å². The van der Waals surface area contributed by atoms with E-state index >= 15 is 0 Å². The Bertz CT molecular complexity index is 781. The average Bonchev–Trinajstić information content (AvgIpc) is 2.87. The van der Waals surface area contributed by atoms with E-state index in [0.29, 0.717) is 17.9 Å². The summed E-state index contributed by atoms with van der Waals surface area (Å²) in [6, 6.07) is 3.90. The average molecular weight is 412 g/mol. The third-order valence-corrected chi connectivity index (χ3v) is 5.31. The van der Waals surface area contributed by atoms with Crippen molar-refractivity contribution in [1.82, 2.24) is 4.57 Å². The summed E-state index contributed by atoms with van der Waals surface area (Å²) in [5.74, 6) is 0.425. The maximum absolute atomic E-state index is 12.7. The molecule has 0 saturated carbocycles. The fraction of sp³-hybridized carbons (Fsp3) is 0.500. The van der Waals surface area contributed by atoms with Gasteiger partial charge in [0.15, 0.2) is 0 Å². The van der Waals surface area contributed by atoms with E-state index in [-0.39, 0.29) is 5.97 Å². The number of hydrogen-bond donors (Lipinski definition) is 1. The van der Waals surface area contributed by atoms with E-state index in [1.165, 1.54) is 4.90 Å². The number of nitrogens with one attached hydrogen (secondary N) is 1.